The van der Waals surface area contributed by atoms with Gasteiger partial charge in [-0.05, 0) is 54.1 Å². The van der Waals surface area contributed by atoms with Crippen molar-refractivity contribution in [2.75, 3.05) is 5.32 Å². The number of imidazole rings is 1. The summed E-state index contributed by atoms with van der Waals surface area (Å²) in [7, 11) is 0. The summed E-state index contributed by atoms with van der Waals surface area (Å²) in [6.45, 7) is 0. The molecule has 5 nitrogen and oxygen atoms in total. The predicted molar refractivity (Wildman–Crippen MR) is 77.2 cm³/mol. The minimum atomic E-state index is 0.219. The number of benzene rings is 1. The summed E-state index contributed by atoms with van der Waals surface area (Å²) in [5.41, 5.74) is 5.40. The largest absolute Gasteiger partial charge is 0.337 e. The average Bonchev–Trinajstić information content (AvgIpc) is 3.05. The van der Waals surface area contributed by atoms with Gasteiger partial charge in [0, 0.05) is 5.69 Å². The van der Waals surface area contributed by atoms with Crippen molar-refractivity contribution in [3.8, 4) is 0 Å². The fraction of sp³-hybridized carbons (Fsp3) is 0.214. The fourth-order valence-corrected chi connectivity index (χ4v) is 2.90. The molecule has 1 aliphatic carbocycles. The van der Waals surface area contributed by atoms with E-state index < -0.39 is 0 Å². The van der Waals surface area contributed by atoms with E-state index in [1.165, 1.54) is 24.0 Å². The zero-order valence-corrected chi connectivity index (χ0v) is 11.5. The number of halogens is 1. The summed E-state index contributed by atoms with van der Waals surface area (Å²) < 4.78 is 0. The van der Waals surface area contributed by atoms with Gasteiger partial charge in [-0.15, -0.1) is 0 Å². The Morgan fingerprint density at radius 3 is 3.05 bits per heavy atom. The Labute approximate surface area is 120 Å². The third kappa shape index (κ3) is 1.91. The molecule has 0 aliphatic heterocycles. The van der Waals surface area contributed by atoms with Crippen molar-refractivity contribution >= 4 is 34.3 Å². The maximum Gasteiger partial charge on any atom is 0.306 e. The number of fused-ring (bicyclic) bond motifs is 2. The quantitative estimate of drug-likeness (QED) is 0.712. The summed E-state index contributed by atoms with van der Waals surface area (Å²) in [6, 6.07) is 6.46. The predicted octanol–water partition coefficient (Wildman–Crippen LogP) is 2.66. The lowest BCUT2D eigenvalue weighted by atomic mass is 10.1. The molecule has 3 N–H and O–H groups in total. The van der Waals surface area contributed by atoms with Crippen LogP contribution in [0.2, 0.25) is 5.28 Å². The normalized spacial score (nSPS) is 13.7. The van der Waals surface area contributed by atoms with Gasteiger partial charge in [0.25, 0.3) is 0 Å². The first-order chi connectivity index (χ1) is 9.79. The molecule has 0 unspecified atom stereocenters. The Hall–Kier alpha value is -2.14. The van der Waals surface area contributed by atoms with Gasteiger partial charge in [0.2, 0.25) is 5.52 Å². The second-order valence-electron chi connectivity index (χ2n) is 4.96. The van der Waals surface area contributed by atoms with Gasteiger partial charge >= 0.3 is 10.9 Å². The van der Waals surface area contributed by atoms with Crippen molar-refractivity contribution in [1.29, 1.82) is 0 Å². The van der Waals surface area contributed by atoms with Crippen LogP contribution in [0.5, 0.6) is 0 Å². The van der Waals surface area contributed by atoms with Gasteiger partial charge in [-0.1, -0.05) is 11.1 Å². The van der Waals surface area contributed by atoms with Gasteiger partial charge in [-0.3, -0.25) is 4.98 Å². The molecule has 0 saturated carbocycles. The highest BCUT2D eigenvalue weighted by atomic mass is 35.5. The molecule has 0 amide bonds. The Kier molecular flexibility index (Phi) is 2.60. The zero-order chi connectivity index (χ0) is 13.5. The highest BCUT2D eigenvalue weighted by Gasteiger charge is 2.16. The van der Waals surface area contributed by atoms with E-state index in [0.29, 0.717) is 11.5 Å². The molecule has 0 atom stereocenters. The molecule has 2 aromatic heterocycles. The van der Waals surface area contributed by atoms with Gasteiger partial charge in [0.05, 0.1) is 0 Å². The van der Waals surface area contributed by atoms with E-state index in [0.717, 1.165) is 17.6 Å². The Balaban J connectivity index is 1.75. The van der Waals surface area contributed by atoms with E-state index in [-0.39, 0.29) is 5.28 Å². The topological polar surface area (TPSA) is 67.7 Å². The Morgan fingerprint density at radius 2 is 2.10 bits per heavy atom. The molecule has 4 rings (SSSR count). The molecule has 20 heavy (non-hydrogen) atoms. The molecule has 0 bridgehead atoms. The summed E-state index contributed by atoms with van der Waals surface area (Å²) in [5, 5.41) is 3.54. The van der Waals surface area contributed by atoms with E-state index in [1.54, 1.807) is 6.33 Å². The van der Waals surface area contributed by atoms with Crippen LogP contribution < -0.4 is 10.3 Å². The Bertz CT molecular complexity index is 795. The number of hydrogen-bond acceptors (Lipinski definition) is 3. The summed E-state index contributed by atoms with van der Waals surface area (Å²) >= 11 is 5.94. The van der Waals surface area contributed by atoms with E-state index in [9.17, 15) is 0 Å². The maximum atomic E-state index is 5.94. The van der Waals surface area contributed by atoms with Crippen molar-refractivity contribution in [2.24, 2.45) is 0 Å². The van der Waals surface area contributed by atoms with Crippen LogP contribution >= 0.6 is 11.6 Å². The summed E-state index contributed by atoms with van der Waals surface area (Å²) in [5.74, 6) is 0.680. The van der Waals surface area contributed by atoms with Crippen LogP contribution in [0.1, 0.15) is 17.5 Å². The number of rotatable bonds is 2. The first-order valence-electron chi connectivity index (χ1n) is 6.61. The van der Waals surface area contributed by atoms with Crippen molar-refractivity contribution in [3.63, 3.8) is 0 Å². The number of H-pyrrole nitrogens is 2. The molecular formula is C14H13ClN5+. The lowest BCUT2D eigenvalue weighted by Crippen LogP contribution is -2.02. The second kappa shape index (κ2) is 4.45. The maximum absolute atomic E-state index is 5.94. The van der Waals surface area contributed by atoms with E-state index >= 15 is 0 Å². The monoisotopic (exact) mass is 286 g/mol. The number of hydrogen-bond donors (Lipinski definition) is 2. The molecule has 1 aromatic carbocycles. The summed E-state index contributed by atoms with van der Waals surface area (Å²) in [4.78, 5) is 14.5. The second-order valence-corrected chi connectivity index (χ2v) is 5.30. The molecule has 0 spiro atoms. The molecule has 0 saturated heterocycles. The zero-order valence-electron chi connectivity index (χ0n) is 10.7. The van der Waals surface area contributed by atoms with Crippen LogP contribution in [0.25, 0.3) is 11.2 Å². The fourth-order valence-electron chi connectivity index (χ4n) is 2.73. The van der Waals surface area contributed by atoms with Gasteiger partial charge in [0.1, 0.15) is 0 Å². The number of nitrogens with one attached hydrogen (secondary N) is 3. The number of aromatic amines is 2. The third-order valence-corrected chi connectivity index (χ3v) is 3.84. The van der Waals surface area contributed by atoms with Crippen LogP contribution in [-0.4, -0.2) is 15.0 Å². The van der Waals surface area contributed by atoms with Gasteiger partial charge in [-0.25, -0.2) is 4.98 Å². The lowest BCUT2D eigenvalue weighted by molar-refractivity contribution is -0.347. The minimum Gasteiger partial charge on any atom is -0.337 e. The molecule has 2 heterocycles. The summed E-state index contributed by atoms with van der Waals surface area (Å²) in [6.07, 6.45) is 5.30. The first-order valence-corrected chi connectivity index (χ1v) is 6.98. The first kappa shape index (κ1) is 11.7. The van der Waals surface area contributed by atoms with Crippen molar-refractivity contribution in [2.45, 2.75) is 19.3 Å². The van der Waals surface area contributed by atoms with E-state index in [2.05, 4.69) is 43.5 Å². The number of aromatic nitrogens is 4. The third-order valence-electron chi connectivity index (χ3n) is 3.67. The van der Waals surface area contributed by atoms with Crippen LogP contribution in [0.3, 0.4) is 0 Å². The molecular weight excluding hydrogens is 274 g/mol. The van der Waals surface area contributed by atoms with Crippen molar-refractivity contribution < 1.29 is 4.98 Å². The van der Waals surface area contributed by atoms with Crippen LogP contribution in [0, 0.1) is 0 Å². The van der Waals surface area contributed by atoms with E-state index in [1.807, 2.05) is 0 Å². The van der Waals surface area contributed by atoms with Crippen LogP contribution in [0.15, 0.2) is 24.5 Å². The smallest absolute Gasteiger partial charge is 0.306 e. The minimum absolute atomic E-state index is 0.219. The van der Waals surface area contributed by atoms with E-state index in [4.69, 9.17) is 11.6 Å². The lowest BCUT2D eigenvalue weighted by Gasteiger charge is -2.07. The molecule has 1 aliphatic rings. The SMILES string of the molecule is Clc1nc(Nc2ccc3c(c2)CCC3)c2[nH]c[nH+]c2n1. The molecule has 6 heteroatoms. The molecule has 0 fully saturated rings. The number of aryl methyl sites for hydroxylation is 2. The molecule has 100 valence electrons. The average molecular weight is 287 g/mol. The highest BCUT2D eigenvalue weighted by molar-refractivity contribution is 6.28. The van der Waals surface area contributed by atoms with Gasteiger partial charge in [-0.2, -0.15) is 4.98 Å². The van der Waals surface area contributed by atoms with Crippen molar-refractivity contribution in [3.05, 3.63) is 40.9 Å². The van der Waals surface area contributed by atoms with Gasteiger partial charge < -0.3 is 5.32 Å². The highest BCUT2D eigenvalue weighted by Crippen LogP contribution is 2.27. The van der Waals surface area contributed by atoms with Gasteiger partial charge in [0.15, 0.2) is 12.1 Å². The molecule has 3 aromatic rings. The van der Waals surface area contributed by atoms with Crippen LogP contribution in [-0.2, 0) is 12.8 Å². The van der Waals surface area contributed by atoms with Crippen LogP contribution in [0.4, 0.5) is 11.5 Å². The molecule has 0 radical (unpaired) electrons. The standard InChI is InChI=1S/C14H12ClN5/c15-14-19-12-11(16-7-17-12)13(20-14)18-10-5-4-8-2-1-3-9(8)6-10/h4-7H,1-3H2,(H2,16,17,18,19,20)/p+1. The van der Waals surface area contributed by atoms with Crippen molar-refractivity contribution in [1.82, 2.24) is 15.0 Å². The number of anilines is 2. The number of nitrogens with zero attached hydrogens (tertiary/aromatic N) is 2. The Morgan fingerprint density at radius 1 is 1.20 bits per heavy atom.